The Hall–Kier alpha value is -0.0800. The van der Waals surface area contributed by atoms with Crippen molar-refractivity contribution in [1.29, 1.82) is 0 Å². The third kappa shape index (κ3) is 5.43. The van der Waals surface area contributed by atoms with E-state index in [2.05, 4.69) is 24.1 Å². The van der Waals surface area contributed by atoms with Crippen LogP contribution in [0.15, 0.2) is 0 Å². The molecule has 1 aliphatic carbocycles. The van der Waals surface area contributed by atoms with Crippen molar-refractivity contribution in [2.24, 2.45) is 11.8 Å². The summed E-state index contributed by atoms with van der Waals surface area (Å²) in [6.45, 7) is 10.0. The fourth-order valence-electron chi connectivity index (χ4n) is 3.82. The van der Waals surface area contributed by atoms with Crippen molar-refractivity contribution in [2.75, 3.05) is 26.2 Å². The highest BCUT2D eigenvalue weighted by atomic mass is 15.1. The standard InChI is InChI=1S/C17H34N2/c1-15(2)16-7-5-8-17(10-9-16)18-11-6-14-19-12-3-4-13-19/h15-18H,3-14H2,1-2H3. The van der Waals surface area contributed by atoms with E-state index >= 15 is 0 Å². The van der Waals surface area contributed by atoms with Crippen LogP contribution in [0.3, 0.4) is 0 Å². The molecule has 0 amide bonds. The lowest BCUT2D eigenvalue weighted by Crippen LogP contribution is -2.32. The van der Waals surface area contributed by atoms with E-state index in [9.17, 15) is 0 Å². The summed E-state index contributed by atoms with van der Waals surface area (Å²) in [5, 5.41) is 3.82. The fourth-order valence-corrected chi connectivity index (χ4v) is 3.82. The molecule has 2 aliphatic rings. The topological polar surface area (TPSA) is 15.3 Å². The highest BCUT2D eigenvalue weighted by Crippen LogP contribution is 2.28. The Bertz CT molecular complexity index is 233. The molecule has 0 spiro atoms. The van der Waals surface area contributed by atoms with E-state index < -0.39 is 0 Å². The van der Waals surface area contributed by atoms with Crippen LogP contribution < -0.4 is 5.32 Å². The first-order chi connectivity index (χ1) is 9.25. The number of nitrogens with one attached hydrogen (secondary N) is 1. The van der Waals surface area contributed by atoms with Gasteiger partial charge in [-0.3, -0.25) is 0 Å². The van der Waals surface area contributed by atoms with E-state index in [0.717, 1.165) is 17.9 Å². The molecule has 1 aliphatic heterocycles. The van der Waals surface area contributed by atoms with Crippen LogP contribution in [0.1, 0.15) is 65.2 Å². The van der Waals surface area contributed by atoms with Crippen molar-refractivity contribution in [3.8, 4) is 0 Å². The Kier molecular flexibility index (Phi) is 6.66. The maximum atomic E-state index is 3.82. The molecule has 19 heavy (non-hydrogen) atoms. The minimum absolute atomic E-state index is 0.808. The van der Waals surface area contributed by atoms with Gasteiger partial charge >= 0.3 is 0 Å². The van der Waals surface area contributed by atoms with Gasteiger partial charge in [0.15, 0.2) is 0 Å². The SMILES string of the molecule is CC(C)C1CCCC(NCCCN2CCCC2)CC1. The minimum atomic E-state index is 0.808. The van der Waals surface area contributed by atoms with Gasteiger partial charge in [-0.15, -0.1) is 0 Å². The monoisotopic (exact) mass is 266 g/mol. The Morgan fingerprint density at radius 2 is 1.79 bits per heavy atom. The molecule has 0 bridgehead atoms. The molecule has 2 fully saturated rings. The van der Waals surface area contributed by atoms with Crippen molar-refractivity contribution in [2.45, 2.75) is 71.3 Å². The number of hydrogen-bond acceptors (Lipinski definition) is 2. The number of rotatable bonds is 6. The van der Waals surface area contributed by atoms with E-state index in [4.69, 9.17) is 0 Å². The molecule has 1 heterocycles. The van der Waals surface area contributed by atoms with Crippen molar-refractivity contribution < 1.29 is 0 Å². The van der Waals surface area contributed by atoms with Gasteiger partial charge in [-0.2, -0.15) is 0 Å². The van der Waals surface area contributed by atoms with Crippen LogP contribution >= 0.6 is 0 Å². The lowest BCUT2D eigenvalue weighted by molar-refractivity contribution is 0.321. The summed E-state index contributed by atoms with van der Waals surface area (Å²) in [5.74, 6) is 1.87. The largest absolute Gasteiger partial charge is 0.314 e. The summed E-state index contributed by atoms with van der Waals surface area (Å²) < 4.78 is 0. The van der Waals surface area contributed by atoms with E-state index in [1.54, 1.807) is 0 Å². The van der Waals surface area contributed by atoms with Gasteiger partial charge < -0.3 is 10.2 Å². The molecule has 112 valence electrons. The van der Waals surface area contributed by atoms with Gasteiger partial charge in [-0.1, -0.05) is 26.7 Å². The number of hydrogen-bond donors (Lipinski definition) is 1. The van der Waals surface area contributed by atoms with Gasteiger partial charge in [0.2, 0.25) is 0 Å². The zero-order chi connectivity index (χ0) is 13.5. The molecule has 0 aromatic carbocycles. The van der Waals surface area contributed by atoms with Crippen molar-refractivity contribution in [1.82, 2.24) is 10.2 Å². The Labute approximate surface area is 120 Å². The predicted octanol–water partition coefficient (Wildman–Crippen LogP) is 3.67. The van der Waals surface area contributed by atoms with Crippen LogP contribution in [0.25, 0.3) is 0 Å². The first kappa shape index (κ1) is 15.3. The molecule has 2 rings (SSSR count). The van der Waals surface area contributed by atoms with Crippen molar-refractivity contribution in [3.05, 3.63) is 0 Å². The average molecular weight is 266 g/mol. The zero-order valence-corrected chi connectivity index (χ0v) is 13.2. The van der Waals surface area contributed by atoms with Crippen molar-refractivity contribution >= 4 is 0 Å². The smallest absolute Gasteiger partial charge is 0.00671 e. The quantitative estimate of drug-likeness (QED) is 0.583. The van der Waals surface area contributed by atoms with Gasteiger partial charge in [0.05, 0.1) is 0 Å². The van der Waals surface area contributed by atoms with Crippen LogP contribution in [-0.4, -0.2) is 37.1 Å². The molecular weight excluding hydrogens is 232 g/mol. The van der Waals surface area contributed by atoms with Crippen LogP contribution in [0.4, 0.5) is 0 Å². The van der Waals surface area contributed by atoms with E-state index in [1.165, 1.54) is 77.5 Å². The summed E-state index contributed by atoms with van der Waals surface area (Å²) in [7, 11) is 0. The van der Waals surface area contributed by atoms with E-state index in [0.29, 0.717) is 0 Å². The summed E-state index contributed by atoms with van der Waals surface area (Å²) in [6, 6.07) is 0.808. The highest BCUT2D eigenvalue weighted by molar-refractivity contribution is 4.76. The predicted molar refractivity (Wildman–Crippen MR) is 83.5 cm³/mol. The zero-order valence-electron chi connectivity index (χ0n) is 13.2. The fraction of sp³-hybridized carbons (Fsp3) is 1.00. The molecule has 1 N–H and O–H groups in total. The molecule has 1 saturated heterocycles. The molecule has 2 heteroatoms. The second kappa shape index (κ2) is 8.26. The second-order valence-corrected chi connectivity index (χ2v) is 7.07. The molecule has 0 aromatic heterocycles. The molecule has 0 radical (unpaired) electrons. The van der Waals surface area contributed by atoms with Gasteiger partial charge in [0.25, 0.3) is 0 Å². The molecule has 2 unspecified atom stereocenters. The first-order valence-electron chi connectivity index (χ1n) is 8.71. The van der Waals surface area contributed by atoms with Crippen molar-refractivity contribution in [3.63, 3.8) is 0 Å². The van der Waals surface area contributed by atoms with Crippen LogP contribution in [0.5, 0.6) is 0 Å². The van der Waals surface area contributed by atoms with Gasteiger partial charge in [0, 0.05) is 6.04 Å². The van der Waals surface area contributed by atoms with Gasteiger partial charge in [0.1, 0.15) is 0 Å². The maximum Gasteiger partial charge on any atom is 0.00671 e. The summed E-state index contributed by atoms with van der Waals surface area (Å²) in [4.78, 5) is 2.63. The Morgan fingerprint density at radius 3 is 2.53 bits per heavy atom. The Morgan fingerprint density at radius 1 is 1.00 bits per heavy atom. The normalized spacial score (nSPS) is 29.8. The summed E-state index contributed by atoms with van der Waals surface area (Å²) in [5.41, 5.74) is 0. The summed E-state index contributed by atoms with van der Waals surface area (Å²) >= 11 is 0. The molecule has 0 aromatic rings. The Balaban J connectivity index is 1.55. The average Bonchev–Trinajstić information content (AvgIpc) is 2.79. The van der Waals surface area contributed by atoms with Crippen LogP contribution in [0, 0.1) is 11.8 Å². The molecular formula is C17H34N2. The van der Waals surface area contributed by atoms with E-state index in [-0.39, 0.29) is 0 Å². The third-order valence-corrected chi connectivity index (χ3v) is 5.24. The number of likely N-dealkylation sites (tertiary alicyclic amines) is 1. The third-order valence-electron chi connectivity index (χ3n) is 5.24. The second-order valence-electron chi connectivity index (χ2n) is 7.07. The maximum absolute atomic E-state index is 3.82. The summed E-state index contributed by atoms with van der Waals surface area (Å²) in [6.07, 6.45) is 11.3. The molecule has 1 saturated carbocycles. The van der Waals surface area contributed by atoms with E-state index in [1.807, 2.05) is 0 Å². The lowest BCUT2D eigenvalue weighted by atomic mass is 9.89. The van der Waals surface area contributed by atoms with Gasteiger partial charge in [-0.05, 0) is 76.5 Å². The van der Waals surface area contributed by atoms with Crippen LogP contribution in [-0.2, 0) is 0 Å². The lowest BCUT2D eigenvalue weighted by Gasteiger charge is -2.20. The van der Waals surface area contributed by atoms with Gasteiger partial charge in [-0.25, -0.2) is 0 Å². The minimum Gasteiger partial charge on any atom is -0.314 e. The first-order valence-corrected chi connectivity index (χ1v) is 8.71. The number of nitrogens with zero attached hydrogens (tertiary/aromatic N) is 1. The molecule has 2 atom stereocenters. The highest BCUT2D eigenvalue weighted by Gasteiger charge is 2.20. The molecule has 2 nitrogen and oxygen atoms in total. The van der Waals surface area contributed by atoms with Crippen LogP contribution in [0.2, 0.25) is 0 Å².